The molecule has 1 saturated carbocycles. The van der Waals surface area contributed by atoms with Crippen LogP contribution < -0.4 is 5.32 Å². The highest BCUT2D eigenvalue weighted by Crippen LogP contribution is 2.44. The molecule has 0 spiro atoms. The summed E-state index contributed by atoms with van der Waals surface area (Å²) in [5, 5.41) is 12.1. The Labute approximate surface area is 166 Å². The molecule has 1 N–H and O–H groups in total. The van der Waals surface area contributed by atoms with Crippen molar-refractivity contribution in [2.45, 2.75) is 31.7 Å². The first-order valence-corrected chi connectivity index (χ1v) is 11.0. The van der Waals surface area contributed by atoms with Gasteiger partial charge in [-0.3, -0.25) is 4.90 Å². The van der Waals surface area contributed by atoms with Gasteiger partial charge >= 0.3 is 0 Å². The summed E-state index contributed by atoms with van der Waals surface area (Å²) >= 11 is 0. The van der Waals surface area contributed by atoms with E-state index in [9.17, 15) is 0 Å². The Kier molecular flexibility index (Phi) is 4.02. The van der Waals surface area contributed by atoms with Gasteiger partial charge in [0.1, 0.15) is 0 Å². The fourth-order valence-corrected chi connectivity index (χ4v) is 6.00. The Bertz CT molecular complexity index is 1100. The zero-order valence-electron chi connectivity index (χ0n) is 16.5. The van der Waals surface area contributed by atoms with Crippen LogP contribution in [-0.2, 0) is 0 Å². The Morgan fingerprint density at radius 3 is 2.14 bits per heavy atom. The van der Waals surface area contributed by atoms with Crippen LogP contribution in [0.25, 0.3) is 32.3 Å². The smallest absolute Gasteiger partial charge is 0.0383 e. The second kappa shape index (κ2) is 6.72. The molecule has 1 aliphatic heterocycles. The maximum atomic E-state index is 3.55. The third-order valence-corrected chi connectivity index (χ3v) is 7.27. The molecule has 1 atom stereocenters. The van der Waals surface area contributed by atoms with E-state index in [0.29, 0.717) is 6.04 Å². The number of nitrogens with zero attached hydrogens (tertiary/aromatic N) is 1. The molecular weight excluding hydrogens is 340 g/mol. The van der Waals surface area contributed by atoms with E-state index in [-0.39, 0.29) is 0 Å². The maximum Gasteiger partial charge on any atom is 0.0383 e. The monoisotopic (exact) mass is 368 g/mol. The minimum atomic E-state index is 0.564. The number of hydrogen-bond acceptors (Lipinski definition) is 2. The Hall–Kier alpha value is -2.16. The zero-order chi connectivity index (χ0) is 18.5. The quantitative estimate of drug-likeness (QED) is 0.465. The molecule has 0 bridgehead atoms. The van der Waals surface area contributed by atoms with Crippen molar-refractivity contribution < 1.29 is 0 Å². The van der Waals surface area contributed by atoms with Crippen molar-refractivity contribution in [3.05, 3.63) is 60.2 Å². The summed E-state index contributed by atoms with van der Waals surface area (Å²) in [6.45, 7) is 4.58. The van der Waals surface area contributed by atoms with Crippen LogP contribution in [0.2, 0.25) is 0 Å². The van der Waals surface area contributed by atoms with Crippen LogP contribution in [0, 0.1) is 5.92 Å². The summed E-state index contributed by atoms with van der Waals surface area (Å²) in [5.74, 6) is 0.802. The van der Waals surface area contributed by atoms with Gasteiger partial charge in [0.25, 0.3) is 0 Å². The molecule has 0 unspecified atom stereocenters. The summed E-state index contributed by atoms with van der Waals surface area (Å²) in [7, 11) is 0. The molecule has 28 heavy (non-hydrogen) atoms. The number of rotatable bonds is 3. The van der Waals surface area contributed by atoms with Crippen LogP contribution in [0.4, 0.5) is 0 Å². The number of benzene rings is 4. The molecule has 4 aromatic rings. The van der Waals surface area contributed by atoms with Crippen molar-refractivity contribution in [1.29, 1.82) is 0 Å². The fraction of sp³-hybridized carbons (Fsp3) is 0.385. The molecule has 2 nitrogen and oxygen atoms in total. The molecule has 142 valence electrons. The van der Waals surface area contributed by atoms with Crippen molar-refractivity contribution in [2.75, 3.05) is 26.2 Å². The van der Waals surface area contributed by atoms with E-state index in [1.54, 1.807) is 5.56 Å². The first-order valence-electron chi connectivity index (χ1n) is 11.0. The van der Waals surface area contributed by atoms with E-state index in [4.69, 9.17) is 0 Å². The van der Waals surface area contributed by atoms with E-state index in [1.165, 1.54) is 71.1 Å². The minimum Gasteiger partial charge on any atom is -0.314 e. The predicted octanol–water partition coefficient (Wildman–Crippen LogP) is 5.72. The van der Waals surface area contributed by atoms with E-state index < -0.39 is 0 Å². The van der Waals surface area contributed by atoms with Gasteiger partial charge in [0.2, 0.25) is 0 Å². The minimum absolute atomic E-state index is 0.564. The van der Waals surface area contributed by atoms with Gasteiger partial charge in [-0.2, -0.15) is 0 Å². The maximum absolute atomic E-state index is 3.55. The van der Waals surface area contributed by atoms with Crippen LogP contribution in [0.5, 0.6) is 0 Å². The second-order valence-corrected chi connectivity index (χ2v) is 8.79. The first kappa shape index (κ1) is 16.8. The topological polar surface area (TPSA) is 15.3 Å². The first-order chi connectivity index (χ1) is 13.9. The molecule has 1 saturated heterocycles. The normalized spacial score (nSPS) is 20.6. The third kappa shape index (κ3) is 2.55. The van der Waals surface area contributed by atoms with E-state index in [0.717, 1.165) is 19.0 Å². The lowest BCUT2D eigenvalue weighted by Gasteiger charge is -2.39. The Morgan fingerprint density at radius 1 is 0.750 bits per heavy atom. The van der Waals surface area contributed by atoms with Crippen LogP contribution in [0.3, 0.4) is 0 Å². The van der Waals surface area contributed by atoms with Crippen LogP contribution in [-0.4, -0.2) is 31.1 Å². The van der Waals surface area contributed by atoms with Crippen LogP contribution >= 0.6 is 0 Å². The Balaban J connectivity index is 1.60. The summed E-state index contributed by atoms with van der Waals surface area (Å²) in [4.78, 5) is 2.78. The molecule has 2 fully saturated rings. The van der Waals surface area contributed by atoms with E-state index >= 15 is 0 Å². The SMILES string of the molecule is c1cc2ccc3ccc([C@H](C4CCCC4)N4CCNCC4)c4ccc(c1)c2c34. The molecular formula is C26H28N2. The number of piperazine rings is 1. The summed E-state index contributed by atoms with van der Waals surface area (Å²) in [6, 6.07) is 21.5. The van der Waals surface area contributed by atoms with Crippen molar-refractivity contribution in [2.24, 2.45) is 5.92 Å². The highest BCUT2D eigenvalue weighted by molar-refractivity contribution is 6.23. The van der Waals surface area contributed by atoms with E-state index in [2.05, 4.69) is 64.8 Å². The molecule has 1 heterocycles. The zero-order valence-corrected chi connectivity index (χ0v) is 16.5. The van der Waals surface area contributed by atoms with Crippen molar-refractivity contribution in [1.82, 2.24) is 10.2 Å². The van der Waals surface area contributed by atoms with Crippen LogP contribution in [0.1, 0.15) is 37.3 Å². The second-order valence-electron chi connectivity index (χ2n) is 8.79. The van der Waals surface area contributed by atoms with Gasteiger partial charge < -0.3 is 5.32 Å². The lowest BCUT2D eigenvalue weighted by atomic mass is 9.84. The fourth-order valence-electron chi connectivity index (χ4n) is 6.00. The molecule has 4 aromatic carbocycles. The molecule has 1 aliphatic carbocycles. The van der Waals surface area contributed by atoms with Crippen molar-refractivity contribution in [3.63, 3.8) is 0 Å². The van der Waals surface area contributed by atoms with Gasteiger partial charge in [0.15, 0.2) is 0 Å². The summed E-state index contributed by atoms with van der Waals surface area (Å²) in [5.41, 5.74) is 1.57. The van der Waals surface area contributed by atoms with Gasteiger partial charge in [-0.1, -0.05) is 67.4 Å². The predicted molar refractivity (Wildman–Crippen MR) is 119 cm³/mol. The van der Waals surface area contributed by atoms with Gasteiger partial charge in [0, 0.05) is 32.2 Å². The summed E-state index contributed by atoms with van der Waals surface area (Å²) in [6.07, 6.45) is 5.57. The average Bonchev–Trinajstić information content (AvgIpc) is 3.28. The molecule has 0 radical (unpaired) electrons. The number of nitrogens with one attached hydrogen (secondary N) is 1. The molecule has 2 heteroatoms. The summed E-state index contributed by atoms with van der Waals surface area (Å²) < 4.78 is 0. The van der Waals surface area contributed by atoms with Crippen molar-refractivity contribution >= 4 is 32.3 Å². The van der Waals surface area contributed by atoms with Crippen LogP contribution in [0.15, 0.2) is 54.6 Å². The largest absolute Gasteiger partial charge is 0.314 e. The van der Waals surface area contributed by atoms with Gasteiger partial charge in [-0.15, -0.1) is 0 Å². The molecule has 6 rings (SSSR count). The molecule has 2 aliphatic rings. The molecule has 0 aromatic heterocycles. The van der Waals surface area contributed by atoms with Gasteiger partial charge in [0.05, 0.1) is 0 Å². The lowest BCUT2D eigenvalue weighted by molar-refractivity contribution is 0.126. The van der Waals surface area contributed by atoms with Gasteiger partial charge in [-0.05, 0) is 56.6 Å². The standard InChI is InChI=1S/C26H28N2/c1-2-5-21(4-1)26(28-16-14-27-15-17-28)23-13-11-20-9-8-18-6-3-7-19-10-12-22(23)25(20)24(18)19/h3,6-13,21,26-27H,1-2,4-5,14-17H2/t26-/m0/s1. The lowest BCUT2D eigenvalue weighted by Crippen LogP contribution is -2.46. The highest BCUT2D eigenvalue weighted by atomic mass is 15.2. The van der Waals surface area contributed by atoms with E-state index in [1.807, 2.05) is 0 Å². The third-order valence-electron chi connectivity index (χ3n) is 7.27. The van der Waals surface area contributed by atoms with Gasteiger partial charge in [-0.25, -0.2) is 0 Å². The molecule has 0 amide bonds. The van der Waals surface area contributed by atoms with Crippen molar-refractivity contribution in [3.8, 4) is 0 Å². The number of hydrogen-bond donors (Lipinski definition) is 1. The Morgan fingerprint density at radius 2 is 1.39 bits per heavy atom. The average molecular weight is 369 g/mol. The highest BCUT2D eigenvalue weighted by Gasteiger charge is 2.33.